The van der Waals surface area contributed by atoms with Gasteiger partial charge in [-0.15, -0.1) is 0 Å². The van der Waals surface area contributed by atoms with Gasteiger partial charge < -0.3 is 28.8 Å². The summed E-state index contributed by atoms with van der Waals surface area (Å²) in [4.78, 5) is 25.4. The average Bonchev–Trinajstić information content (AvgIpc) is 3.36. The molecule has 430 valence electrons. The highest BCUT2D eigenvalue weighted by atomic mass is 31.2. The van der Waals surface area contributed by atoms with Crippen LogP contribution in [0.5, 0.6) is 0 Å². The van der Waals surface area contributed by atoms with Gasteiger partial charge in [0, 0.05) is 6.42 Å². The van der Waals surface area contributed by atoms with Gasteiger partial charge in [0.05, 0.1) is 39.9 Å². The van der Waals surface area contributed by atoms with E-state index in [1.54, 1.807) is 6.08 Å². The number of amides is 1. The molecule has 0 saturated carbocycles. The van der Waals surface area contributed by atoms with Crippen molar-refractivity contribution in [2.75, 3.05) is 40.9 Å². The first-order valence-electron chi connectivity index (χ1n) is 30.9. The van der Waals surface area contributed by atoms with Gasteiger partial charge >= 0.3 is 0 Å². The van der Waals surface area contributed by atoms with Crippen LogP contribution in [0, 0.1) is 0 Å². The number of hydrogen-bond donors (Lipinski definition) is 2. The summed E-state index contributed by atoms with van der Waals surface area (Å²) in [5, 5.41) is 13.8. The number of likely N-dealkylation sites (N-methyl/N-ethyl adjacent to an activating group) is 1. The molecule has 0 radical (unpaired) electrons. The zero-order valence-electron chi connectivity index (χ0n) is 49.0. The number of carbonyl (C=O) groups excluding carboxylic acids is 1. The summed E-state index contributed by atoms with van der Waals surface area (Å²) in [6, 6.07) is -0.886. The number of nitrogens with one attached hydrogen (secondary N) is 1. The Morgan fingerprint density at radius 1 is 0.486 bits per heavy atom. The molecule has 0 aliphatic carbocycles. The molecular weight excluding hydrogens is 936 g/mol. The van der Waals surface area contributed by atoms with Crippen molar-refractivity contribution in [1.29, 1.82) is 0 Å². The van der Waals surface area contributed by atoms with Crippen LogP contribution in [0.15, 0.2) is 85.1 Å². The van der Waals surface area contributed by atoms with E-state index in [4.69, 9.17) is 9.05 Å². The maximum atomic E-state index is 12.9. The Kier molecular flexibility index (Phi) is 53.7. The molecule has 0 aromatic rings. The number of unbranched alkanes of at least 4 members (excludes halogenated alkanes) is 31. The van der Waals surface area contributed by atoms with Crippen molar-refractivity contribution in [2.24, 2.45) is 0 Å². The molecule has 0 aliphatic heterocycles. The number of quaternary nitrogens is 1. The molecule has 0 spiro atoms. The molecule has 8 nitrogen and oxygen atoms in total. The normalized spacial score (nSPS) is 14.4. The molecule has 0 aromatic carbocycles. The molecule has 0 fully saturated rings. The monoisotopic (exact) mass is 1050 g/mol. The van der Waals surface area contributed by atoms with E-state index in [9.17, 15) is 19.4 Å². The first-order valence-corrected chi connectivity index (χ1v) is 32.4. The van der Waals surface area contributed by atoms with Gasteiger partial charge in [0.1, 0.15) is 13.2 Å². The van der Waals surface area contributed by atoms with Gasteiger partial charge in [-0.2, -0.15) is 0 Å². The van der Waals surface area contributed by atoms with Crippen LogP contribution < -0.4 is 10.2 Å². The summed E-state index contributed by atoms with van der Waals surface area (Å²) in [5.41, 5.74) is 0. The first kappa shape index (κ1) is 71.7. The predicted octanol–water partition coefficient (Wildman–Crippen LogP) is 18.6. The standard InChI is InChI=1S/C65H119N2O6P/c1-6-8-10-12-14-16-18-19-20-21-22-23-24-25-26-27-28-29-30-31-32-33-34-35-36-37-38-39-40-41-42-43-44-45-46-47-49-51-53-55-57-59-65(69)66-63(62-73-74(70,71)72-61-60-67(3,4)5)64(68)58-56-54-52-50-48-17-15-13-11-9-7-2/h8,10,14,16,19-20,22-23,25-26,28-29,56,58,63-64,68H,6-7,9,11-13,15,17-18,21,24,27,30-55,57,59-62H2,1-5H3,(H-,66,69,70,71)/b10-8-,16-14-,20-19-,23-22-,26-25-,29-28-,58-56+. The summed E-state index contributed by atoms with van der Waals surface area (Å²) < 4.78 is 23.3. The molecule has 0 aromatic heterocycles. The number of hydrogen-bond acceptors (Lipinski definition) is 6. The van der Waals surface area contributed by atoms with Crippen LogP contribution in [0.4, 0.5) is 0 Å². The summed E-state index contributed by atoms with van der Waals surface area (Å²) in [7, 11) is 1.26. The smallest absolute Gasteiger partial charge is 0.268 e. The van der Waals surface area contributed by atoms with E-state index in [-0.39, 0.29) is 19.1 Å². The zero-order chi connectivity index (χ0) is 54.2. The molecule has 0 bridgehead atoms. The lowest BCUT2D eigenvalue weighted by Gasteiger charge is -2.29. The Hall–Kier alpha value is -2.32. The van der Waals surface area contributed by atoms with Crippen molar-refractivity contribution in [3.63, 3.8) is 0 Å². The molecule has 74 heavy (non-hydrogen) atoms. The summed E-state index contributed by atoms with van der Waals surface area (Å²) in [6.45, 7) is 4.53. The van der Waals surface area contributed by atoms with Crippen molar-refractivity contribution < 1.29 is 32.9 Å². The van der Waals surface area contributed by atoms with Gasteiger partial charge in [-0.05, 0) is 70.6 Å². The lowest BCUT2D eigenvalue weighted by molar-refractivity contribution is -0.870. The van der Waals surface area contributed by atoms with E-state index in [0.29, 0.717) is 17.4 Å². The molecule has 0 heterocycles. The minimum atomic E-state index is -4.59. The van der Waals surface area contributed by atoms with Crippen molar-refractivity contribution in [3.8, 4) is 0 Å². The van der Waals surface area contributed by atoms with E-state index in [1.807, 2.05) is 27.2 Å². The summed E-state index contributed by atoms with van der Waals surface area (Å²) >= 11 is 0. The number of aliphatic hydroxyl groups is 1. The number of aliphatic hydroxyl groups excluding tert-OH is 1. The quantitative estimate of drug-likeness (QED) is 0.0272. The van der Waals surface area contributed by atoms with Crippen LogP contribution >= 0.6 is 7.82 Å². The fraction of sp³-hybridized carbons (Fsp3) is 0.769. The Morgan fingerprint density at radius 2 is 0.824 bits per heavy atom. The number of carbonyl (C=O) groups is 1. The van der Waals surface area contributed by atoms with Crippen molar-refractivity contribution in [3.05, 3.63) is 85.1 Å². The van der Waals surface area contributed by atoms with Gasteiger partial charge in [-0.1, -0.05) is 279 Å². The highest BCUT2D eigenvalue weighted by Gasteiger charge is 2.23. The zero-order valence-corrected chi connectivity index (χ0v) is 49.9. The summed E-state index contributed by atoms with van der Waals surface area (Å²) in [5.74, 6) is -0.197. The molecular formula is C65H119N2O6P. The molecule has 3 atom stereocenters. The number of allylic oxidation sites excluding steroid dienone is 13. The molecule has 1 amide bonds. The average molecular weight is 1060 g/mol. The van der Waals surface area contributed by atoms with Gasteiger partial charge in [0.2, 0.25) is 5.91 Å². The van der Waals surface area contributed by atoms with Crippen LogP contribution in [0.2, 0.25) is 0 Å². The Labute approximate surface area is 458 Å². The second-order valence-electron chi connectivity index (χ2n) is 22.0. The van der Waals surface area contributed by atoms with E-state index in [1.165, 1.54) is 173 Å². The number of phosphoric ester groups is 1. The first-order chi connectivity index (χ1) is 36.0. The summed E-state index contributed by atoms with van der Waals surface area (Å²) in [6.07, 6.45) is 78.4. The molecule has 9 heteroatoms. The minimum Gasteiger partial charge on any atom is -0.756 e. The van der Waals surface area contributed by atoms with Crippen molar-refractivity contribution in [2.45, 2.75) is 283 Å². The van der Waals surface area contributed by atoms with E-state index >= 15 is 0 Å². The third-order valence-electron chi connectivity index (χ3n) is 13.6. The predicted molar refractivity (Wildman–Crippen MR) is 320 cm³/mol. The second-order valence-corrected chi connectivity index (χ2v) is 23.4. The van der Waals surface area contributed by atoms with Crippen LogP contribution in [-0.4, -0.2) is 68.5 Å². The maximum Gasteiger partial charge on any atom is 0.268 e. The van der Waals surface area contributed by atoms with Gasteiger partial charge in [0.25, 0.3) is 7.82 Å². The Morgan fingerprint density at radius 3 is 1.20 bits per heavy atom. The van der Waals surface area contributed by atoms with Crippen LogP contribution in [-0.2, 0) is 18.4 Å². The van der Waals surface area contributed by atoms with Crippen LogP contribution in [0.3, 0.4) is 0 Å². The third kappa shape index (κ3) is 57.4. The van der Waals surface area contributed by atoms with Gasteiger partial charge in [-0.25, -0.2) is 0 Å². The third-order valence-corrected chi connectivity index (χ3v) is 14.6. The van der Waals surface area contributed by atoms with Gasteiger partial charge in [-0.3, -0.25) is 9.36 Å². The molecule has 2 N–H and O–H groups in total. The fourth-order valence-electron chi connectivity index (χ4n) is 8.81. The SMILES string of the molecule is CC/C=C\C/C=C\C/C=C\C/C=C\C/C=C\C/C=C\CCCCCCCCCCCCCCCCCCCCCCCCC(=O)NC(COP(=O)([O-])OCC[N+](C)(C)C)C(O)/C=C/CCCCCCCCCCC. The largest absolute Gasteiger partial charge is 0.756 e. The van der Waals surface area contributed by atoms with Crippen molar-refractivity contribution in [1.82, 2.24) is 5.32 Å². The highest BCUT2D eigenvalue weighted by Crippen LogP contribution is 2.38. The lowest BCUT2D eigenvalue weighted by Crippen LogP contribution is -2.45. The molecule has 0 rings (SSSR count). The maximum absolute atomic E-state index is 12.9. The number of phosphoric acid groups is 1. The number of nitrogens with zero attached hydrogens (tertiary/aromatic N) is 1. The highest BCUT2D eigenvalue weighted by molar-refractivity contribution is 7.45. The van der Waals surface area contributed by atoms with E-state index in [0.717, 1.165) is 77.0 Å². The number of rotatable bonds is 56. The van der Waals surface area contributed by atoms with Gasteiger partial charge in [0.15, 0.2) is 0 Å². The Bertz CT molecular complexity index is 1480. The molecule has 0 saturated heterocycles. The topological polar surface area (TPSA) is 108 Å². The fourth-order valence-corrected chi connectivity index (χ4v) is 9.53. The van der Waals surface area contributed by atoms with Crippen LogP contribution in [0.1, 0.15) is 271 Å². The van der Waals surface area contributed by atoms with Crippen LogP contribution in [0.25, 0.3) is 0 Å². The minimum absolute atomic E-state index is 0.00146. The molecule has 0 aliphatic rings. The van der Waals surface area contributed by atoms with Crippen molar-refractivity contribution >= 4 is 13.7 Å². The molecule has 3 unspecified atom stereocenters. The lowest BCUT2D eigenvalue weighted by atomic mass is 10.0. The van der Waals surface area contributed by atoms with E-state index < -0.39 is 20.0 Å². The Balaban J connectivity index is 3.86. The van der Waals surface area contributed by atoms with E-state index in [2.05, 4.69) is 92.1 Å². The second kappa shape index (κ2) is 55.4.